The third-order valence-electron chi connectivity index (χ3n) is 5.23. The number of nitrogens with one attached hydrogen (secondary N) is 1. The Balaban J connectivity index is 1.91. The Kier molecular flexibility index (Phi) is 8.43. The molecule has 0 saturated carbocycles. The third kappa shape index (κ3) is 6.58. The number of halogens is 3. The highest BCUT2D eigenvalue weighted by atomic mass is 32.2. The first-order valence-corrected chi connectivity index (χ1v) is 12.2. The predicted molar refractivity (Wildman–Crippen MR) is 132 cm³/mol. The summed E-state index contributed by atoms with van der Waals surface area (Å²) >= 11 is 0. The lowest BCUT2D eigenvalue weighted by atomic mass is 10.1. The van der Waals surface area contributed by atoms with Crippen molar-refractivity contribution in [1.29, 1.82) is 0 Å². The average molecular weight is 536 g/mol. The summed E-state index contributed by atoms with van der Waals surface area (Å²) in [5, 5.41) is 4.00. The van der Waals surface area contributed by atoms with E-state index in [-0.39, 0.29) is 10.6 Å². The van der Waals surface area contributed by atoms with Crippen molar-refractivity contribution in [2.45, 2.75) is 18.0 Å². The van der Waals surface area contributed by atoms with Gasteiger partial charge >= 0.3 is 6.18 Å². The molecule has 0 spiro atoms. The SMILES string of the molecule is COc1ccc(/C(C)=N\NC(=O)CN(c2cccc(C(F)(F)F)c2)S(=O)(=O)c2ccccc2)cc1OC. The highest BCUT2D eigenvalue weighted by Crippen LogP contribution is 2.33. The zero-order valence-electron chi connectivity index (χ0n) is 20.1. The maximum Gasteiger partial charge on any atom is 0.416 e. The van der Waals surface area contributed by atoms with Gasteiger partial charge in [0.1, 0.15) is 6.54 Å². The summed E-state index contributed by atoms with van der Waals surface area (Å²) in [7, 11) is -1.44. The quantitative estimate of drug-likeness (QED) is 0.322. The molecule has 1 amide bonds. The van der Waals surface area contributed by atoms with E-state index >= 15 is 0 Å². The lowest BCUT2D eigenvalue weighted by Gasteiger charge is -2.24. The van der Waals surface area contributed by atoms with E-state index in [4.69, 9.17) is 9.47 Å². The molecule has 3 aromatic carbocycles. The fraction of sp³-hybridized carbons (Fsp3) is 0.200. The largest absolute Gasteiger partial charge is 0.493 e. The second kappa shape index (κ2) is 11.3. The molecule has 0 fully saturated rings. The fourth-order valence-electron chi connectivity index (χ4n) is 3.31. The van der Waals surface area contributed by atoms with E-state index in [9.17, 15) is 26.4 Å². The summed E-state index contributed by atoms with van der Waals surface area (Å²) in [5.41, 5.74) is 1.84. The molecule has 0 aliphatic heterocycles. The normalized spacial score (nSPS) is 12.1. The van der Waals surface area contributed by atoms with Gasteiger partial charge < -0.3 is 9.47 Å². The second-order valence-electron chi connectivity index (χ2n) is 7.67. The lowest BCUT2D eigenvalue weighted by Crippen LogP contribution is -2.39. The highest BCUT2D eigenvalue weighted by Gasteiger charge is 2.33. The van der Waals surface area contributed by atoms with Crippen LogP contribution in [0.4, 0.5) is 18.9 Å². The molecule has 1 N–H and O–H groups in total. The van der Waals surface area contributed by atoms with E-state index in [1.165, 1.54) is 44.6 Å². The molecule has 37 heavy (non-hydrogen) atoms. The molecule has 8 nitrogen and oxygen atoms in total. The summed E-state index contributed by atoms with van der Waals surface area (Å²) in [6.07, 6.45) is -4.71. The van der Waals surface area contributed by atoms with Crippen LogP contribution >= 0.6 is 0 Å². The van der Waals surface area contributed by atoms with Gasteiger partial charge in [-0.25, -0.2) is 13.8 Å². The number of nitrogens with zero attached hydrogens (tertiary/aromatic N) is 2. The molecule has 3 rings (SSSR count). The summed E-state index contributed by atoms with van der Waals surface area (Å²) in [5.74, 6) is 0.0632. The predicted octanol–water partition coefficient (Wildman–Crippen LogP) is 4.46. The Hall–Kier alpha value is -4.06. The van der Waals surface area contributed by atoms with Gasteiger partial charge in [0.05, 0.1) is 36.1 Å². The Bertz CT molecular complexity index is 1390. The molecule has 12 heteroatoms. The molecule has 0 aliphatic rings. The van der Waals surface area contributed by atoms with E-state index in [0.717, 1.165) is 12.1 Å². The monoisotopic (exact) mass is 535 g/mol. The lowest BCUT2D eigenvalue weighted by molar-refractivity contribution is -0.137. The van der Waals surface area contributed by atoms with E-state index in [1.807, 2.05) is 0 Å². The molecule has 0 heterocycles. The second-order valence-corrected chi connectivity index (χ2v) is 9.54. The minimum absolute atomic E-state index is 0.190. The number of rotatable bonds is 9. The number of ether oxygens (including phenoxy) is 2. The van der Waals surface area contributed by atoms with Crippen molar-refractivity contribution in [3.05, 3.63) is 83.9 Å². The van der Waals surface area contributed by atoms with Crippen molar-refractivity contribution >= 4 is 27.3 Å². The molecule has 0 atom stereocenters. The number of alkyl halides is 3. The van der Waals surface area contributed by atoms with E-state index in [2.05, 4.69) is 10.5 Å². The van der Waals surface area contributed by atoms with Gasteiger partial charge in [-0.05, 0) is 55.5 Å². The molecule has 0 aliphatic carbocycles. The number of anilines is 1. The van der Waals surface area contributed by atoms with Gasteiger partial charge in [-0.2, -0.15) is 18.3 Å². The minimum Gasteiger partial charge on any atom is -0.493 e. The number of hydrazone groups is 1. The Morgan fingerprint density at radius 3 is 2.24 bits per heavy atom. The fourth-order valence-corrected chi connectivity index (χ4v) is 4.74. The third-order valence-corrected chi connectivity index (χ3v) is 7.02. The van der Waals surface area contributed by atoms with Crippen molar-refractivity contribution < 1.29 is 35.9 Å². The smallest absolute Gasteiger partial charge is 0.416 e. The summed E-state index contributed by atoms with van der Waals surface area (Å²) in [4.78, 5) is 12.6. The maximum atomic E-state index is 13.3. The van der Waals surface area contributed by atoms with Crippen molar-refractivity contribution in [1.82, 2.24) is 5.43 Å². The molecule has 0 unspecified atom stereocenters. The Morgan fingerprint density at radius 1 is 0.946 bits per heavy atom. The molecular formula is C25H24F3N3O5S. The molecular weight excluding hydrogens is 511 g/mol. The minimum atomic E-state index is -4.71. The highest BCUT2D eigenvalue weighted by molar-refractivity contribution is 7.92. The van der Waals surface area contributed by atoms with Crippen LogP contribution in [-0.2, 0) is 21.0 Å². The van der Waals surface area contributed by atoms with Crippen LogP contribution in [0.1, 0.15) is 18.1 Å². The van der Waals surface area contributed by atoms with Crippen molar-refractivity contribution in [3.63, 3.8) is 0 Å². The molecule has 0 aromatic heterocycles. The Labute approximate surface area is 212 Å². The van der Waals surface area contributed by atoms with Gasteiger partial charge in [0.15, 0.2) is 11.5 Å². The van der Waals surface area contributed by atoms with Crippen molar-refractivity contribution in [2.24, 2.45) is 5.10 Å². The Morgan fingerprint density at radius 2 is 1.62 bits per heavy atom. The van der Waals surface area contributed by atoms with Gasteiger partial charge in [-0.15, -0.1) is 0 Å². The van der Waals surface area contributed by atoms with Crippen LogP contribution < -0.4 is 19.2 Å². The van der Waals surface area contributed by atoms with Crippen LogP contribution in [0, 0.1) is 0 Å². The van der Waals surface area contributed by atoms with Crippen molar-refractivity contribution in [3.8, 4) is 11.5 Å². The van der Waals surface area contributed by atoms with Gasteiger partial charge in [0.25, 0.3) is 15.9 Å². The van der Waals surface area contributed by atoms with Crippen LogP contribution in [0.25, 0.3) is 0 Å². The van der Waals surface area contributed by atoms with Crippen LogP contribution in [0.2, 0.25) is 0 Å². The molecule has 0 bridgehead atoms. The zero-order valence-corrected chi connectivity index (χ0v) is 20.9. The number of hydrogen-bond donors (Lipinski definition) is 1. The first-order valence-electron chi connectivity index (χ1n) is 10.8. The molecule has 196 valence electrons. The maximum absolute atomic E-state index is 13.3. The summed E-state index contributed by atoms with van der Waals surface area (Å²) in [6, 6.07) is 15.8. The molecule has 0 radical (unpaired) electrons. The van der Waals surface area contributed by atoms with E-state index < -0.39 is 34.2 Å². The van der Waals surface area contributed by atoms with Crippen LogP contribution in [-0.4, -0.2) is 40.8 Å². The molecule has 3 aromatic rings. The number of amides is 1. The van der Waals surface area contributed by atoms with Crippen molar-refractivity contribution in [2.75, 3.05) is 25.1 Å². The van der Waals surface area contributed by atoms with Crippen LogP contribution in [0.5, 0.6) is 11.5 Å². The number of sulfonamides is 1. The number of hydrogen-bond acceptors (Lipinski definition) is 6. The topological polar surface area (TPSA) is 97.3 Å². The number of benzene rings is 3. The van der Waals surface area contributed by atoms with Gasteiger partial charge in [0, 0.05) is 5.56 Å². The number of methoxy groups -OCH3 is 2. The first kappa shape index (κ1) is 27.5. The first-order chi connectivity index (χ1) is 17.5. The standard InChI is InChI=1S/C25H24F3N3O5S/c1-17(18-12-13-22(35-2)23(14-18)36-3)29-30-24(32)16-31(37(33,34)21-10-5-4-6-11-21)20-9-7-8-19(15-20)25(26,27)28/h4-15H,16H2,1-3H3,(H,30,32)/b29-17-. The van der Waals surface area contributed by atoms with Gasteiger partial charge in [-0.3, -0.25) is 9.10 Å². The number of carbonyl (C=O) groups excluding carboxylic acids is 1. The van der Waals surface area contributed by atoms with E-state index in [0.29, 0.717) is 33.1 Å². The molecule has 0 saturated heterocycles. The summed E-state index contributed by atoms with van der Waals surface area (Å²) < 4.78 is 77.6. The van der Waals surface area contributed by atoms with Crippen LogP contribution in [0.15, 0.2) is 82.8 Å². The van der Waals surface area contributed by atoms with Gasteiger partial charge in [-0.1, -0.05) is 24.3 Å². The average Bonchev–Trinajstić information content (AvgIpc) is 2.89. The zero-order chi connectivity index (χ0) is 27.2. The number of carbonyl (C=O) groups is 1. The van der Waals surface area contributed by atoms with Crippen LogP contribution in [0.3, 0.4) is 0 Å². The van der Waals surface area contributed by atoms with E-state index in [1.54, 1.807) is 31.2 Å². The summed E-state index contributed by atoms with van der Waals surface area (Å²) in [6.45, 7) is 0.786. The van der Waals surface area contributed by atoms with Gasteiger partial charge in [0.2, 0.25) is 0 Å².